The molecule has 37 heavy (non-hydrogen) atoms. The smallest absolute Gasteiger partial charge is 0.276 e. The number of pyridine rings is 2. The van der Waals surface area contributed by atoms with Crippen LogP contribution in [0.2, 0.25) is 0 Å². The average Bonchev–Trinajstić information content (AvgIpc) is 2.87. The number of halogens is 3. The van der Waals surface area contributed by atoms with Gasteiger partial charge in [0.15, 0.2) is 23.1 Å². The lowest BCUT2D eigenvalue weighted by molar-refractivity contribution is 0.102. The maximum Gasteiger partial charge on any atom is 0.276 e. The predicted molar refractivity (Wildman–Crippen MR) is 136 cm³/mol. The van der Waals surface area contributed by atoms with E-state index in [1.807, 2.05) is 11.8 Å². The Balaban J connectivity index is 1.67. The molecule has 1 aliphatic rings. The molecule has 0 spiro atoms. The number of piperidine rings is 1. The monoisotopic (exact) mass is 514 g/mol. The zero-order valence-corrected chi connectivity index (χ0v) is 20.4. The van der Waals surface area contributed by atoms with Crippen LogP contribution in [0.5, 0.6) is 5.75 Å². The fourth-order valence-corrected chi connectivity index (χ4v) is 4.22. The number of rotatable bonds is 8. The molecule has 1 aliphatic heterocycles. The number of hydrogen-bond donors (Lipinski definition) is 3. The molecule has 5 N–H and O–H groups in total. The number of amides is 1. The van der Waals surface area contributed by atoms with Gasteiger partial charge in [0.2, 0.25) is 0 Å². The molecule has 0 saturated carbocycles. The van der Waals surface area contributed by atoms with E-state index in [1.165, 1.54) is 6.20 Å². The van der Waals surface area contributed by atoms with Gasteiger partial charge in [-0.25, -0.2) is 18.2 Å². The van der Waals surface area contributed by atoms with Gasteiger partial charge < -0.3 is 26.4 Å². The van der Waals surface area contributed by atoms with Crippen molar-refractivity contribution >= 4 is 23.0 Å². The van der Waals surface area contributed by atoms with Gasteiger partial charge >= 0.3 is 0 Å². The first-order valence-corrected chi connectivity index (χ1v) is 12.1. The molecule has 1 atom stereocenters. The van der Waals surface area contributed by atoms with Crippen LogP contribution in [0.3, 0.4) is 0 Å². The maximum atomic E-state index is 15.2. The molecule has 4 rings (SSSR count). The van der Waals surface area contributed by atoms with Crippen molar-refractivity contribution in [2.24, 2.45) is 5.73 Å². The quantitative estimate of drug-likeness (QED) is 0.379. The molecular formula is C26H29F3N6O2. The van der Waals surface area contributed by atoms with Crippen LogP contribution in [0.15, 0.2) is 36.7 Å². The number of aromatic nitrogens is 2. The summed E-state index contributed by atoms with van der Waals surface area (Å²) in [6, 6.07) is 4.64. The molecule has 0 radical (unpaired) electrons. The molecule has 3 heterocycles. The second-order valence-electron chi connectivity index (χ2n) is 8.89. The van der Waals surface area contributed by atoms with Crippen molar-refractivity contribution < 1.29 is 22.7 Å². The number of unbranched alkanes of at least 4 members (excludes halogenated alkanes) is 1. The van der Waals surface area contributed by atoms with Crippen LogP contribution < -0.4 is 26.4 Å². The summed E-state index contributed by atoms with van der Waals surface area (Å²) in [7, 11) is 0. The molecule has 8 nitrogen and oxygen atoms in total. The summed E-state index contributed by atoms with van der Waals surface area (Å²) in [5.41, 5.74) is 10.9. The van der Waals surface area contributed by atoms with Crippen LogP contribution >= 0.6 is 0 Å². The second kappa shape index (κ2) is 11.5. The number of hydrogen-bond acceptors (Lipinski definition) is 7. The normalized spacial score (nSPS) is 15.5. The SMILES string of the molecule is CCCCOc1ccc(F)c(-c2nc(C(=O)Nc3cnccc3N3CCC[C@H](N)C3)c(N)cc2F)c1F. The number of ether oxygens (including phenoxy) is 1. The van der Waals surface area contributed by atoms with Gasteiger partial charge in [0, 0.05) is 31.4 Å². The van der Waals surface area contributed by atoms with Gasteiger partial charge in [-0.15, -0.1) is 0 Å². The highest BCUT2D eigenvalue weighted by Gasteiger charge is 2.26. The van der Waals surface area contributed by atoms with E-state index in [-0.39, 0.29) is 24.1 Å². The van der Waals surface area contributed by atoms with E-state index in [0.29, 0.717) is 24.3 Å². The van der Waals surface area contributed by atoms with Gasteiger partial charge in [-0.05, 0) is 37.5 Å². The van der Waals surface area contributed by atoms with Crippen molar-refractivity contribution in [1.82, 2.24) is 9.97 Å². The summed E-state index contributed by atoms with van der Waals surface area (Å²) in [4.78, 5) is 23.2. The fourth-order valence-electron chi connectivity index (χ4n) is 4.22. The van der Waals surface area contributed by atoms with Crippen LogP contribution in [0.4, 0.5) is 30.2 Å². The van der Waals surface area contributed by atoms with Crippen LogP contribution in [0.1, 0.15) is 43.1 Å². The Labute approximate surface area is 212 Å². The van der Waals surface area contributed by atoms with Crippen molar-refractivity contribution in [3.8, 4) is 17.0 Å². The van der Waals surface area contributed by atoms with Crippen molar-refractivity contribution in [2.45, 2.75) is 38.6 Å². The predicted octanol–water partition coefficient (Wildman–Crippen LogP) is 4.50. The van der Waals surface area contributed by atoms with Crippen molar-refractivity contribution in [3.05, 3.63) is 59.8 Å². The Morgan fingerprint density at radius 3 is 2.81 bits per heavy atom. The van der Waals surface area contributed by atoms with Gasteiger partial charge in [0.25, 0.3) is 5.91 Å². The molecular weight excluding hydrogens is 485 g/mol. The molecule has 1 saturated heterocycles. The Bertz CT molecular complexity index is 1290. The van der Waals surface area contributed by atoms with E-state index in [4.69, 9.17) is 16.2 Å². The van der Waals surface area contributed by atoms with Crippen molar-refractivity contribution in [2.75, 3.05) is 35.6 Å². The summed E-state index contributed by atoms with van der Waals surface area (Å²) < 4.78 is 50.1. The lowest BCUT2D eigenvalue weighted by Crippen LogP contribution is -2.43. The molecule has 2 aromatic heterocycles. The van der Waals surface area contributed by atoms with Gasteiger partial charge in [-0.1, -0.05) is 13.3 Å². The molecule has 11 heteroatoms. The second-order valence-corrected chi connectivity index (χ2v) is 8.89. The molecule has 0 unspecified atom stereocenters. The van der Waals surface area contributed by atoms with E-state index >= 15 is 4.39 Å². The lowest BCUT2D eigenvalue weighted by atomic mass is 10.1. The molecule has 196 valence electrons. The van der Waals surface area contributed by atoms with Crippen molar-refractivity contribution in [1.29, 1.82) is 0 Å². The number of carbonyl (C=O) groups excluding carboxylic acids is 1. The van der Waals surface area contributed by atoms with E-state index in [2.05, 4.69) is 15.3 Å². The summed E-state index contributed by atoms with van der Waals surface area (Å²) in [6.07, 6.45) is 6.32. The number of carbonyl (C=O) groups is 1. The summed E-state index contributed by atoms with van der Waals surface area (Å²) in [6.45, 7) is 3.49. The summed E-state index contributed by atoms with van der Waals surface area (Å²) >= 11 is 0. The van der Waals surface area contributed by atoms with Crippen molar-refractivity contribution in [3.63, 3.8) is 0 Å². The molecule has 1 amide bonds. The molecule has 3 aromatic rings. The van der Waals surface area contributed by atoms with Gasteiger partial charge in [0.1, 0.15) is 11.5 Å². The maximum absolute atomic E-state index is 15.2. The number of nitrogen functional groups attached to an aromatic ring is 1. The van der Waals surface area contributed by atoms with Crippen LogP contribution in [0, 0.1) is 17.5 Å². The Hall–Kier alpha value is -3.86. The van der Waals surface area contributed by atoms with Crippen LogP contribution in [-0.2, 0) is 0 Å². The third-order valence-corrected chi connectivity index (χ3v) is 6.11. The molecule has 0 aliphatic carbocycles. The minimum absolute atomic E-state index is 0.00561. The molecule has 1 fully saturated rings. The topological polar surface area (TPSA) is 119 Å². The van der Waals surface area contributed by atoms with Gasteiger partial charge in [-0.3, -0.25) is 9.78 Å². The molecule has 1 aromatic carbocycles. The number of nitrogens with two attached hydrogens (primary N) is 2. The lowest BCUT2D eigenvalue weighted by Gasteiger charge is -2.33. The van der Waals surface area contributed by atoms with Crippen LogP contribution in [0.25, 0.3) is 11.3 Å². The Morgan fingerprint density at radius 1 is 1.24 bits per heavy atom. The Kier molecular flexibility index (Phi) is 8.12. The first-order chi connectivity index (χ1) is 17.8. The zero-order valence-electron chi connectivity index (χ0n) is 20.4. The van der Waals surface area contributed by atoms with E-state index in [0.717, 1.165) is 44.0 Å². The largest absolute Gasteiger partial charge is 0.490 e. The van der Waals surface area contributed by atoms with E-state index in [1.54, 1.807) is 12.3 Å². The fraction of sp³-hybridized carbons (Fsp3) is 0.346. The number of benzene rings is 1. The van der Waals surface area contributed by atoms with Crippen LogP contribution in [-0.4, -0.2) is 41.6 Å². The Morgan fingerprint density at radius 2 is 2.05 bits per heavy atom. The van der Waals surface area contributed by atoms with E-state index in [9.17, 15) is 13.6 Å². The zero-order chi connectivity index (χ0) is 26.5. The van der Waals surface area contributed by atoms with Gasteiger partial charge in [0.05, 0.1) is 35.4 Å². The highest BCUT2D eigenvalue weighted by Crippen LogP contribution is 2.34. The minimum Gasteiger partial charge on any atom is -0.490 e. The highest BCUT2D eigenvalue weighted by molar-refractivity contribution is 6.08. The summed E-state index contributed by atoms with van der Waals surface area (Å²) in [5, 5.41) is 2.69. The number of nitrogens with one attached hydrogen (secondary N) is 1. The first-order valence-electron chi connectivity index (χ1n) is 12.1. The molecule has 0 bridgehead atoms. The average molecular weight is 515 g/mol. The third-order valence-electron chi connectivity index (χ3n) is 6.11. The standard InChI is InChI=1S/C26H29F3N6O2/c1-2-3-11-37-21-7-6-16(27)22(23(21)29)24-17(28)12-18(31)25(34-24)26(36)33-19-13-32-9-8-20(19)35-10-4-5-15(30)14-35/h6-9,12-13,15H,2-5,10-11,14,30-31H2,1H3,(H,33,36)/t15-/m0/s1. The highest BCUT2D eigenvalue weighted by atomic mass is 19.1. The van der Waals surface area contributed by atoms with Gasteiger partial charge in [-0.2, -0.15) is 0 Å². The number of anilines is 3. The van der Waals surface area contributed by atoms with E-state index < -0.39 is 40.3 Å². The first kappa shape index (κ1) is 26.2. The minimum atomic E-state index is -1.12. The summed E-state index contributed by atoms with van der Waals surface area (Å²) in [5.74, 6) is -4.28. The number of nitrogens with zero attached hydrogens (tertiary/aromatic N) is 3. The third kappa shape index (κ3) is 5.77.